The van der Waals surface area contributed by atoms with Crippen LogP contribution in [0.4, 0.5) is 5.82 Å². The lowest BCUT2D eigenvalue weighted by Crippen LogP contribution is -2.29. The van der Waals surface area contributed by atoms with E-state index in [1.165, 1.54) is 0 Å². The summed E-state index contributed by atoms with van der Waals surface area (Å²) in [7, 11) is 1.62. The minimum atomic E-state index is 0.606. The number of ether oxygens (including phenoxy) is 2. The van der Waals surface area contributed by atoms with Crippen LogP contribution < -0.4 is 9.64 Å². The van der Waals surface area contributed by atoms with Crippen molar-refractivity contribution in [1.29, 1.82) is 0 Å². The van der Waals surface area contributed by atoms with Gasteiger partial charge in [0.15, 0.2) is 0 Å². The van der Waals surface area contributed by atoms with Gasteiger partial charge in [0.05, 0.1) is 19.4 Å². The van der Waals surface area contributed by atoms with Crippen LogP contribution in [-0.2, 0) is 4.74 Å². The van der Waals surface area contributed by atoms with E-state index in [1.54, 1.807) is 13.4 Å². The van der Waals surface area contributed by atoms with E-state index in [0.29, 0.717) is 12.5 Å². The van der Waals surface area contributed by atoms with Gasteiger partial charge in [0.1, 0.15) is 18.7 Å². The molecule has 1 aliphatic rings. The van der Waals surface area contributed by atoms with Gasteiger partial charge in [-0.15, -0.1) is 0 Å². The summed E-state index contributed by atoms with van der Waals surface area (Å²) < 4.78 is 10.6. The van der Waals surface area contributed by atoms with Gasteiger partial charge in [0.2, 0.25) is 5.88 Å². The molecule has 2 aromatic rings. The van der Waals surface area contributed by atoms with Crippen molar-refractivity contribution < 1.29 is 9.47 Å². The molecular weight excluding hydrogens is 314 g/mol. The average molecular weight is 337 g/mol. The van der Waals surface area contributed by atoms with Crippen LogP contribution in [0.2, 0.25) is 0 Å². The summed E-state index contributed by atoms with van der Waals surface area (Å²) in [5, 5.41) is 0. The maximum Gasteiger partial charge on any atom is 0.212 e. The third kappa shape index (κ3) is 3.50. The smallest absolute Gasteiger partial charge is 0.212 e. The molecular formula is C20H23N3O2. The van der Waals surface area contributed by atoms with Gasteiger partial charge < -0.3 is 14.4 Å². The Morgan fingerprint density at radius 1 is 1.28 bits per heavy atom. The number of aryl methyl sites for hydroxylation is 1. The monoisotopic (exact) mass is 337 g/mol. The molecule has 0 saturated heterocycles. The van der Waals surface area contributed by atoms with Crippen molar-refractivity contribution >= 4 is 11.9 Å². The molecule has 5 heteroatoms. The molecule has 0 bridgehead atoms. The number of rotatable bonds is 4. The van der Waals surface area contributed by atoms with E-state index in [2.05, 4.69) is 22.0 Å². The summed E-state index contributed by atoms with van der Waals surface area (Å²) in [4.78, 5) is 11.3. The van der Waals surface area contributed by atoms with Gasteiger partial charge in [-0.3, -0.25) is 0 Å². The summed E-state index contributed by atoms with van der Waals surface area (Å²) in [6, 6.07) is 6.03. The standard InChI is InChI=1S/C20H23N3O2/c1-5-6-17-15(3)22-19(23-9-10-25-13-14(23)2)11-18(17)16-7-8-20(24-4)21-12-16/h5-8,11-13H,9-10H2,1-4H3/b6-5-. The molecule has 0 aliphatic carbocycles. The van der Waals surface area contributed by atoms with Gasteiger partial charge in [-0.05, 0) is 38.5 Å². The number of anilines is 1. The summed E-state index contributed by atoms with van der Waals surface area (Å²) >= 11 is 0. The predicted molar refractivity (Wildman–Crippen MR) is 101 cm³/mol. The largest absolute Gasteiger partial charge is 0.498 e. The second kappa shape index (κ2) is 7.38. The van der Waals surface area contributed by atoms with Crippen molar-refractivity contribution in [2.45, 2.75) is 20.8 Å². The number of pyridine rings is 2. The van der Waals surface area contributed by atoms with Crippen molar-refractivity contribution in [2.24, 2.45) is 0 Å². The lowest BCUT2D eigenvalue weighted by atomic mass is 9.99. The molecule has 0 fully saturated rings. The van der Waals surface area contributed by atoms with Crippen molar-refractivity contribution in [2.75, 3.05) is 25.2 Å². The Labute approximate surface area is 148 Å². The van der Waals surface area contributed by atoms with Crippen LogP contribution in [-0.4, -0.2) is 30.2 Å². The quantitative estimate of drug-likeness (QED) is 0.837. The third-order valence-corrected chi connectivity index (χ3v) is 4.21. The Hall–Kier alpha value is -2.82. The Morgan fingerprint density at radius 2 is 2.12 bits per heavy atom. The summed E-state index contributed by atoms with van der Waals surface area (Å²) in [6.07, 6.45) is 7.75. The first-order valence-electron chi connectivity index (χ1n) is 8.34. The minimum absolute atomic E-state index is 0.606. The summed E-state index contributed by atoms with van der Waals surface area (Å²) in [5.74, 6) is 1.53. The van der Waals surface area contributed by atoms with Crippen LogP contribution >= 0.6 is 0 Å². The molecule has 0 atom stereocenters. The van der Waals surface area contributed by atoms with Crippen LogP contribution in [0, 0.1) is 6.92 Å². The molecule has 3 rings (SSSR count). The molecule has 3 heterocycles. The van der Waals surface area contributed by atoms with Crippen LogP contribution in [0.15, 0.2) is 42.4 Å². The van der Waals surface area contributed by atoms with Gasteiger partial charge in [-0.2, -0.15) is 0 Å². The minimum Gasteiger partial charge on any atom is -0.498 e. The predicted octanol–water partition coefficient (Wildman–Crippen LogP) is 4.19. The van der Waals surface area contributed by atoms with E-state index in [1.807, 2.05) is 45.2 Å². The zero-order valence-corrected chi connectivity index (χ0v) is 15.1. The Kier molecular flexibility index (Phi) is 5.03. The molecule has 0 spiro atoms. The number of hydrogen-bond acceptors (Lipinski definition) is 5. The first-order chi connectivity index (χ1) is 12.1. The number of aromatic nitrogens is 2. The van der Waals surface area contributed by atoms with E-state index in [0.717, 1.165) is 40.4 Å². The van der Waals surface area contributed by atoms with Gasteiger partial charge >= 0.3 is 0 Å². The first-order valence-corrected chi connectivity index (χ1v) is 8.34. The van der Waals surface area contributed by atoms with E-state index in [4.69, 9.17) is 14.5 Å². The highest BCUT2D eigenvalue weighted by Crippen LogP contribution is 2.32. The van der Waals surface area contributed by atoms with Gasteiger partial charge in [-0.1, -0.05) is 12.2 Å². The summed E-state index contributed by atoms with van der Waals surface area (Å²) in [5.41, 5.74) is 5.29. The Bertz CT molecular complexity index is 810. The maximum absolute atomic E-state index is 5.40. The lowest BCUT2D eigenvalue weighted by molar-refractivity contribution is 0.240. The van der Waals surface area contributed by atoms with Crippen molar-refractivity contribution in [3.8, 4) is 17.0 Å². The molecule has 0 aromatic carbocycles. The van der Waals surface area contributed by atoms with Crippen molar-refractivity contribution in [3.63, 3.8) is 0 Å². The first kappa shape index (κ1) is 17.0. The Balaban J connectivity index is 2.13. The fraction of sp³-hybridized carbons (Fsp3) is 0.300. The molecule has 130 valence electrons. The molecule has 2 aromatic heterocycles. The van der Waals surface area contributed by atoms with E-state index < -0.39 is 0 Å². The van der Waals surface area contributed by atoms with Crippen LogP contribution in [0.1, 0.15) is 25.1 Å². The van der Waals surface area contributed by atoms with Crippen molar-refractivity contribution in [1.82, 2.24) is 9.97 Å². The Morgan fingerprint density at radius 3 is 2.76 bits per heavy atom. The summed E-state index contributed by atoms with van der Waals surface area (Å²) in [6.45, 7) is 7.54. The zero-order valence-electron chi connectivity index (χ0n) is 15.1. The third-order valence-electron chi connectivity index (χ3n) is 4.21. The molecule has 5 nitrogen and oxygen atoms in total. The fourth-order valence-corrected chi connectivity index (χ4v) is 2.94. The van der Waals surface area contributed by atoms with Crippen LogP contribution in [0.5, 0.6) is 5.88 Å². The zero-order chi connectivity index (χ0) is 17.8. The SMILES string of the molecule is C/C=C\c1c(-c2ccc(OC)nc2)cc(N2CCOC=C2C)nc1C. The van der Waals surface area contributed by atoms with Crippen LogP contribution in [0.3, 0.4) is 0 Å². The van der Waals surface area contributed by atoms with Crippen LogP contribution in [0.25, 0.3) is 17.2 Å². The molecule has 0 saturated carbocycles. The number of nitrogens with zero attached hydrogens (tertiary/aromatic N) is 3. The fourth-order valence-electron chi connectivity index (χ4n) is 2.94. The topological polar surface area (TPSA) is 47.5 Å². The van der Waals surface area contributed by atoms with Gasteiger partial charge in [-0.25, -0.2) is 9.97 Å². The second-order valence-electron chi connectivity index (χ2n) is 5.90. The normalized spacial score (nSPS) is 14.4. The maximum atomic E-state index is 5.40. The molecule has 0 unspecified atom stereocenters. The molecule has 1 aliphatic heterocycles. The molecule has 25 heavy (non-hydrogen) atoms. The van der Waals surface area contributed by atoms with Gasteiger partial charge in [0, 0.05) is 29.1 Å². The number of allylic oxidation sites excluding steroid dienone is 2. The highest BCUT2D eigenvalue weighted by Gasteiger charge is 2.18. The van der Waals surface area contributed by atoms with E-state index in [9.17, 15) is 0 Å². The molecule has 0 amide bonds. The van der Waals surface area contributed by atoms with Crippen molar-refractivity contribution in [3.05, 3.63) is 53.7 Å². The number of methoxy groups -OCH3 is 1. The highest BCUT2D eigenvalue weighted by molar-refractivity contribution is 5.78. The second-order valence-corrected chi connectivity index (χ2v) is 5.90. The van der Waals surface area contributed by atoms with E-state index in [-0.39, 0.29) is 0 Å². The van der Waals surface area contributed by atoms with E-state index >= 15 is 0 Å². The molecule has 0 radical (unpaired) electrons. The van der Waals surface area contributed by atoms with Gasteiger partial charge in [0.25, 0.3) is 0 Å². The highest BCUT2D eigenvalue weighted by atomic mass is 16.5. The molecule has 0 N–H and O–H groups in total. The number of hydrogen-bond donors (Lipinski definition) is 0. The average Bonchev–Trinajstić information content (AvgIpc) is 2.64. The lowest BCUT2D eigenvalue weighted by Gasteiger charge is -2.28.